The quantitative estimate of drug-likeness (QED) is 0.884. The molecule has 0 spiro atoms. The molecule has 19 heavy (non-hydrogen) atoms. The molecule has 0 amide bonds. The highest BCUT2D eigenvalue weighted by Gasteiger charge is 2.46. The van der Waals surface area contributed by atoms with Crippen molar-refractivity contribution in [2.75, 3.05) is 13.2 Å². The molecule has 1 aromatic rings. The number of hydrogen-bond acceptors (Lipinski definition) is 5. The second-order valence-corrected chi connectivity index (χ2v) is 5.90. The molecule has 0 bridgehead atoms. The zero-order valence-electron chi connectivity index (χ0n) is 11.7. The van der Waals surface area contributed by atoms with Gasteiger partial charge in [-0.25, -0.2) is 0 Å². The molecule has 2 aliphatic carbocycles. The Kier molecular flexibility index (Phi) is 3.35. The Morgan fingerprint density at radius 2 is 1.95 bits per heavy atom. The first-order valence-electron chi connectivity index (χ1n) is 7.43. The molecule has 2 aliphatic rings. The Hall–Kier alpha value is -0.940. The summed E-state index contributed by atoms with van der Waals surface area (Å²) in [5, 5.41) is 4.22. The van der Waals surface area contributed by atoms with Gasteiger partial charge in [0.1, 0.15) is 5.60 Å². The predicted octanol–water partition coefficient (Wildman–Crippen LogP) is 2.26. The Balaban J connectivity index is 1.87. The van der Waals surface area contributed by atoms with Gasteiger partial charge in [0.05, 0.1) is 5.41 Å². The molecule has 0 unspecified atom stereocenters. The second kappa shape index (κ2) is 4.87. The largest absolute Gasteiger partial charge is 0.367 e. The molecule has 5 heteroatoms. The van der Waals surface area contributed by atoms with Gasteiger partial charge in [0, 0.05) is 13.2 Å². The summed E-state index contributed by atoms with van der Waals surface area (Å²) in [7, 11) is 0. The Bertz CT molecular complexity index is 428. The van der Waals surface area contributed by atoms with E-state index in [2.05, 4.69) is 10.1 Å². The highest BCUT2D eigenvalue weighted by molar-refractivity contribution is 5.14. The second-order valence-electron chi connectivity index (χ2n) is 5.90. The number of nitrogens with two attached hydrogens (primary N) is 1. The van der Waals surface area contributed by atoms with Crippen molar-refractivity contribution in [2.45, 2.75) is 62.9 Å². The lowest BCUT2D eigenvalue weighted by molar-refractivity contribution is -0.0469. The molecule has 0 aliphatic heterocycles. The third-order valence-corrected chi connectivity index (χ3v) is 4.82. The molecule has 1 heterocycles. The van der Waals surface area contributed by atoms with Crippen molar-refractivity contribution >= 4 is 0 Å². The van der Waals surface area contributed by atoms with Gasteiger partial charge in [0.15, 0.2) is 0 Å². The highest BCUT2D eigenvalue weighted by Crippen LogP contribution is 2.45. The normalized spacial score (nSPS) is 24.3. The fourth-order valence-corrected chi connectivity index (χ4v) is 3.39. The number of hydrogen-bond donors (Lipinski definition) is 1. The average Bonchev–Trinajstić information content (AvgIpc) is 2.98. The van der Waals surface area contributed by atoms with E-state index < -0.39 is 0 Å². The summed E-state index contributed by atoms with van der Waals surface area (Å²) >= 11 is 0. The summed E-state index contributed by atoms with van der Waals surface area (Å²) in [6.07, 6.45) is 7.66. The van der Waals surface area contributed by atoms with E-state index in [0.29, 0.717) is 13.2 Å². The maximum absolute atomic E-state index is 5.97. The van der Waals surface area contributed by atoms with Gasteiger partial charge in [0.2, 0.25) is 11.7 Å². The molecule has 0 radical (unpaired) electrons. The van der Waals surface area contributed by atoms with E-state index in [1.807, 2.05) is 6.92 Å². The summed E-state index contributed by atoms with van der Waals surface area (Å²) in [6, 6.07) is 0. The van der Waals surface area contributed by atoms with Gasteiger partial charge in [-0.3, -0.25) is 0 Å². The van der Waals surface area contributed by atoms with Crippen LogP contribution < -0.4 is 5.73 Å². The molecule has 3 rings (SSSR count). The molecule has 2 fully saturated rings. The van der Waals surface area contributed by atoms with Gasteiger partial charge >= 0.3 is 0 Å². The van der Waals surface area contributed by atoms with Crippen molar-refractivity contribution in [1.29, 1.82) is 0 Å². The van der Waals surface area contributed by atoms with Gasteiger partial charge in [-0.1, -0.05) is 11.6 Å². The average molecular weight is 265 g/mol. The topological polar surface area (TPSA) is 74.2 Å². The summed E-state index contributed by atoms with van der Waals surface area (Å²) < 4.78 is 11.5. The van der Waals surface area contributed by atoms with Crippen molar-refractivity contribution in [3.05, 3.63) is 11.7 Å². The van der Waals surface area contributed by atoms with E-state index in [0.717, 1.165) is 37.4 Å². The Morgan fingerprint density at radius 3 is 2.47 bits per heavy atom. The first kappa shape index (κ1) is 13.1. The van der Waals surface area contributed by atoms with E-state index in [1.165, 1.54) is 19.3 Å². The van der Waals surface area contributed by atoms with Gasteiger partial charge in [-0.05, 0) is 45.4 Å². The van der Waals surface area contributed by atoms with E-state index in [1.54, 1.807) is 0 Å². The standard InChI is InChI=1S/C14H23N3O2/c1-2-18-14(8-3-4-9-14)11-16-12(19-17-11)13(10-15)6-5-7-13/h2-10,15H2,1H3. The van der Waals surface area contributed by atoms with Crippen LogP contribution in [0.1, 0.15) is 63.6 Å². The van der Waals surface area contributed by atoms with Crippen LogP contribution in [0.25, 0.3) is 0 Å². The smallest absolute Gasteiger partial charge is 0.234 e. The molecule has 0 atom stereocenters. The van der Waals surface area contributed by atoms with Crippen LogP contribution in [0, 0.1) is 0 Å². The van der Waals surface area contributed by atoms with Crippen LogP contribution in [0.15, 0.2) is 4.52 Å². The van der Waals surface area contributed by atoms with Crippen LogP contribution in [0.5, 0.6) is 0 Å². The van der Waals surface area contributed by atoms with Gasteiger partial charge in [0.25, 0.3) is 0 Å². The minimum absolute atomic E-state index is 0.0583. The van der Waals surface area contributed by atoms with Crippen LogP contribution in [0.4, 0.5) is 0 Å². The summed E-state index contributed by atoms with van der Waals surface area (Å²) in [4.78, 5) is 4.67. The van der Waals surface area contributed by atoms with Crippen molar-refractivity contribution < 1.29 is 9.26 Å². The van der Waals surface area contributed by atoms with Crippen molar-refractivity contribution in [3.8, 4) is 0 Å². The lowest BCUT2D eigenvalue weighted by Gasteiger charge is -2.37. The predicted molar refractivity (Wildman–Crippen MR) is 70.7 cm³/mol. The maximum Gasteiger partial charge on any atom is 0.234 e. The Labute approximate surface area is 113 Å². The zero-order chi connectivity index (χ0) is 13.3. The van der Waals surface area contributed by atoms with Crippen molar-refractivity contribution in [3.63, 3.8) is 0 Å². The van der Waals surface area contributed by atoms with Crippen LogP contribution in [0.2, 0.25) is 0 Å². The SMILES string of the molecule is CCOC1(c2noc(C3(CN)CCC3)n2)CCCC1. The van der Waals surface area contributed by atoms with Crippen molar-refractivity contribution in [1.82, 2.24) is 10.1 Å². The molecule has 0 saturated heterocycles. The number of rotatable bonds is 5. The monoisotopic (exact) mass is 265 g/mol. The Morgan fingerprint density at radius 1 is 1.21 bits per heavy atom. The molecular weight excluding hydrogens is 242 g/mol. The van der Waals surface area contributed by atoms with E-state index >= 15 is 0 Å². The molecule has 5 nitrogen and oxygen atoms in total. The van der Waals surface area contributed by atoms with Gasteiger partial charge in [-0.2, -0.15) is 4.98 Å². The van der Waals surface area contributed by atoms with E-state index in [-0.39, 0.29) is 11.0 Å². The third kappa shape index (κ3) is 1.99. The maximum atomic E-state index is 5.97. The zero-order valence-corrected chi connectivity index (χ0v) is 11.7. The lowest BCUT2D eigenvalue weighted by atomic mass is 9.69. The van der Waals surface area contributed by atoms with Crippen LogP contribution in [-0.2, 0) is 15.8 Å². The lowest BCUT2D eigenvalue weighted by Crippen LogP contribution is -2.42. The fraction of sp³-hybridized carbons (Fsp3) is 0.857. The van der Waals surface area contributed by atoms with E-state index in [4.69, 9.17) is 15.0 Å². The highest BCUT2D eigenvalue weighted by atomic mass is 16.5. The molecular formula is C14H23N3O2. The number of nitrogens with zero attached hydrogens (tertiary/aromatic N) is 2. The number of aromatic nitrogens is 2. The minimum atomic E-state index is -0.309. The first-order valence-corrected chi connectivity index (χ1v) is 7.43. The third-order valence-electron chi connectivity index (χ3n) is 4.82. The first-order chi connectivity index (χ1) is 9.25. The summed E-state index contributed by atoms with van der Waals surface area (Å²) in [6.45, 7) is 3.30. The van der Waals surface area contributed by atoms with Gasteiger partial charge in [-0.15, -0.1) is 0 Å². The summed E-state index contributed by atoms with van der Waals surface area (Å²) in [5.74, 6) is 1.46. The van der Waals surface area contributed by atoms with Crippen LogP contribution in [0.3, 0.4) is 0 Å². The van der Waals surface area contributed by atoms with Gasteiger partial charge < -0.3 is 15.0 Å². The molecule has 1 aromatic heterocycles. The molecule has 0 aromatic carbocycles. The van der Waals surface area contributed by atoms with E-state index in [9.17, 15) is 0 Å². The molecule has 2 N–H and O–H groups in total. The number of ether oxygens (including phenoxy) is 1. The molecule has 106 valence electrons. The summed E-state index contributed by atoms with van der Waals surface area (Å²) in [5.41, 5.74) is 5.53. The van der Waals surface area contributed by atoms with Crippen molar-refractivity contribution in [2.24, 2.45) is 5.73 Å². The van der Waals surface area contributed by atoms with Crippen LogP contribution in [-0.4, -0.2) is 23.3 Å². The van der Waals surface area contributed by atoms with Crippen LogP contribution >= 0.6 is 0 Å². The molecule has 2 saturated carbocycles. The minimum Gasteiger partial charge on any atom is -0.367 e. The fourth-order valence-electron chi connectivity index (χ4n) is 3.39.